The number of thioether (sulfide) groups is 1. The lowest BCUT2D eigenvalue weighted by Crippen LogP contribution is -2.46. The van der Waals surface area contributed by atoms with E-state index in [9.17, 15) is 4.79 Å². The molecule has 1 aliphatic rings. The summed E-state index contributed by atoms with van der Waals surface area (Å²) in [4.78, 5) is 17.5. The zero-order valence-electron chi connectivity index (χ0n) is 13.5. The molecule has 1 aliphatic heterocycles. The summed E-state index contributed by atoms with van der Waals surface area (Å²) in [5.41, 5.74) is 0.788. The van der Waals surface area contributed by atoms with Gasteiger partial charge in [0.05, 0.1) is 0 Å². The van der Waals surface area contributed by atoms with Crippen LogP contribution in [0.15, 0.2) is 29.3 Å². The number of hydrogen-bond donors (Lipinski definition) is 1. The summed E-state index contributed by atoms with van der Waals surface area (Å²) in [5.74, 6) is 0.600. The summed E-state index contributed by atoms with van der Waals surface area (Å²) in [6.07, 6.45) is 1.83. The molecule has 0 radical (unpaired) electrons. The molecule has 0 saturated carbocycles. The van der Waals surface area contributed by atoms with Crippen molar-refractivity contribution in [1.29, 1.82) is 0 Å². The number of aliphatic imine (C=N–C) groups is 1. The summed E-state index contributed by atoms with van der Waals surface area (Å²) in [7, 11) is 0. The number of carbonyl (C=O) groups is 1. The van der Waals surface area contributed by atoms with E-state index in [1.807, 2.05) is 18.3 Å². The van der Waals surface area contributed by atoms with E-state index in [0.29, 0.717) is 16.8 Å². The quantitative estimate of drug-likeness (QED) is 0.901. The Bertz CT molecular complexity index is 775. The summed E-state index contributed by atoms with van der Waals surface area (Å²) in [5, 5.41) is 15.1. The summed E-state index contributed by atoms with van der Waals surface area (Å²) >= 11 is 7.38. The predicted octanol–water partition coefficient (Wildman–Crippen LogP) is 2.54. The minimum atomic E-state index is -1.10. The predicted molar refractivity (Wildman–Crippen MR) is 94.8 cm³/mol. The molecule has 2 unspecified atom stereocenters. The minimum Gasteiger partial charge on any atom is -0.303 e. The van der Waals surface area contributed by atoms with Crippen molar-refractivity contribution < 1.29 is 4.79 Å². The number of tetrazole rings is 1. The highest BCUT2D eigenvalue weighted by molar-refractivity contribution is 8.01. The molecule has 2 atom stereocenters. The van der Waals surface area contributed by atoms with Gasteiger partial charge >= 0.3 is 0 Å². The molecule has 0 spiro atoms. The van der Waals surface area contributed by atoms with E-state index in [-0.39, 0.29) is 11.2 Å². The number of nitrogens with one attached hydrogen (secondary N) is 1. The van der Waals surface area contributed by atoms with Crippen molar-refractivity contribution in [1.82, 2.24) is 25.5 Å². The van der Waals surface area contributed by atoms with Gasteiger partial charge in [0, 0.05) is 29.0 Å². The van der Waals surface area contributed by atoms with Gasteiger partial charge in [0.15, 0.2) is 0 Å². The van der Waals surface area contributed by atoms with Crippen LogP contribution in [0.4, 0.5) is 0 Å². The summed E-state index contributed by atoms with van der Waals surface area (Å²) in [6, 6.07) is 7.16. The van der Waals surface area contributed by atoms with E-state index < -0.39 is 5.12 Å². The number of carbonyl (C=O) groups excluding carboxylic acids is 1. The second-order valence-electron chi connectivity index (χ2n) is 5.80. The lowest BCUT2D eigenvalue weighted by atomic mass is 10.1. The number of hydrogen-bond acceptors (Lipinski definition) is 6. The maximum atomic E-state index is 11.7. The first-order valence-electron chi connectivity index (χ1n) is 7.48. The van der Waals surface area contributed by atoms with Crippen LogP contribution in [-0.4, -0.2) is 37.6 Å². The Hall–Kier alpha value is -1.93. The molecule has 3 rings (SSSR count). The van der Waals surface area contributed by atoms with E-state index >= 15 is 0 Å². The van der Waals surface area contributed by atoms with E-state index in [1.165, 1.54) is 23.5 Å². The van der Waals surface area contributed by atoms with Gasteiger partial charge in [0.2, 0.25) is 11.7 Å². The second kappa shape index (κ2) is 6.52. The van der Waals surface area contributed by atoms with Gasteiger partial charge in [0.25, 0.3) is 5.12 Å². The first-order chi connectivity index (χ1) is 11.4. The molecule has 0 aliphatic carbocycles. The van der Waals surface area contributed by atoms with Crippen molar-refractivity contribution in [3.8, 4) is 11.4 Å². The van der Waals surface area contributed by atoms with E-state index in [2.05, 4.69) is 39.6 Å². The van der Waals surface area contributed by atoms with Crippen LogP contribution in [0.2, 0.25) is 5.02 Å². The zero-order valence-corrected chi connectivity index (χ0v) is 15.0. The van der Waals surface area contributed by atoms with E-state index in [0.717, 1.165) is 5.56 Å². The molecule has 0 saturated heterocycles. The number of aromatic nitrogens is 4. The highest BCUT2D eigenvalue weighted by Crippen LogP contribution is 2.39. The zero-order chi connectivity index (χ0) is 17.3. The van der Waals surface area contributed by atoms with Crippen molar-refractivity contribution in [3.63, 3.8) is 0 Å². The molecule has 7 nitrogen and oxygen atoms in total. The van der Waals surface area contributed by atoms with Crippen LogP contribution in [0.25, 0.3) is 11.4 Å². The number of halogens is 1. The third-order valence-corrected chi connectivity index (χ3v) is 5.37. The fraction of sp³-hybridized carbons (Fsp3) is 0.400. The van der Waals surface area contributed by atoms with Gasteiger partial charge in [-0.15, -0.1) is 15.0 Å². The fourth-order valence-electron chi connectivity index (χ4n) is 2.23. The van der Waals surface area contributed by atoms with Crippen molar-refractivity contribution in [2.75, 3.05) is 0 Å². The number of benzene rings is 1. The highest BCUT2D eigenvalue weighted by Gasteiger charge is 2.43. The Balaban J connectivity index is 1.94. The number of amides is 1. The summed E-state index contributed by atoms with van der Waals surface area (Å²) < 4.78 is 0. The SMILES string of the molecule is CC(=O)NC1(n2nnc(-c3ccc(Cl)cc3)n2)N=CC(C(C)C)S1. The van der Waals surface area contributed by atoms with Crippen LogP contribution < -0.4 is 5.32 Å². The molecule has 9 heteroatoms. The molecule has 24 heavy (non-hydrogen) atoms. The van der Waals surface area contributed by atoms with Crippen molar-refractivity contribution >= 4 is 35.5 Å². The first-order valence-corrected chi connectivity index (χ1v) is 8.74. The van der Waals surface area contributed by atoms with Gasteiger partial charge < -0.3 is 5.32 Å². The molecule has 2 heterocycles. The van der Waals surface area contributed by atoms with Crippen molar-refractivity contribution in [2.24, 2.45) is 10.9 Å². The highest BCUT2D eigenvalue weighted by atomic mass is 35.5. The van der Waals surface area contributed by atoms with Crippen LogP contribution >= 0.6 is 23.4 Å². The molecule has 0 fully saturated rings. The van der Waals surface area contributed by atoms with Gasteiger partial charge in [-0.05, 0) is 35.4 Å². The Labute approximate surface area is 148 Å². The maximum Gasteiger partial charge on any atom is 0.299 e. The van der Waals surface area contributed by atoms with Crippen LogP contribution in [0.1, 0.15) is 20.8 Å². The minimum absolute atomic E-state index is 0.154. The third kappa shape index (κ3) is 3.29. The molecule has 1 aromatic heterocycles. The standard InChI is InChI=1S/C15H17ClN6OS/c1-9(2)13-8-17-15(24-13,18-10(3)23)22-20-14(19-21-22)11-4-6-12(16)7-5-11/h4-9,13H,1-3H3,(H,18,23). The van der Waals surface area contributed by atoms with Crippen molar-refractivity contribution in [3.05, 3.63) is 29.3 Å². The molecule has 2 aromatic rings. The average Bonchev–Trinajstić information content (AvgIpc) is 3.15. The topological polar surface area (TPSA) is 85.1 Å². The molecular formula is C15H17ClN6OS. The molecule has 0 bridgehead atoms. The molecule has 126 valence electrons. The number of nitrogens with zero attached hydrogens (tertiary/aromatic N) is 5. The normalized spacial score (nSPS) is 23.0. The van der Waals surface area contributed by atoms with Gasteiger partial charge in [-0.1, -0.05) is 37.2 Å². The number of rotatable bonds is 4. The fourth-order valence-corrected chi connectivity index (χ4v) is 3.63. The molecule has 1 amide bonds. The lowest BCUT2D eigenvalue weighted by Gasteiger charge is -2.25. The van der Waals surface area contributed by atoms with Crippen LogP contribution in [0.3, 0.4) is 0 Å². The second-order valence-corrected chi connectivity index (χ2v) is 7.59. The van der Waals surface area contributed by atoms with Crippen molar-refractivity contribution in [2.45, 2.75) is 31.1 Å². The Morgan fingerprint density at radius 1 is 1.38 bits per heavy atom. The lowest BCUT2D eigenvalue weighted by molar-refractivity contribution is -0.120. The molecular weight excluding hydrogens is 348 g/mol. The third-order valence-electron chi connectivity index (χ3n) is 3.48. The first kappa shape index (κ1) is 16.9. The Morgan fingerprint density at radius 3 is 2.67 bits per heavy atom. The Morgan fingerprint density at radius 2 is 2.08 bits per heavy atom. The maximum absolute atomic E-state index is 11.7. The van der Waals surface area contributed by atoms with Crippen LogP contribution in [0, 0.1) is 5.92 Å². The average molecular weight is 365 g/mol. The van der Waals surface area contributed by atoms with Crippen LogP contribution in [0.5, 0.6) is 0 Å². The van der Waals surface area contributed by atoms with Gasteiger partial charge in [-0.3, -0.25) is 4.79 Å². The van der Waals surface area contributed by atoms with E-state index in [4.69, 9.17) is 11.6 Å². The largest absolute Gasteiger partial charge is 0.303 e. The summed E-state index contributed by atoms with van der Waals surface area (Å²) in [6.45, 7) is 5.64. The monoisotopic (exact) mass is 364 g/mol. The smallest absolute Gasteiger partial charge is 0.299 e. The van der Waals surface area contributed by atoms with Crippen LogP contribution in [-0.2, 0) is 9.91 Å². The Kier molecular flexibility index (Phi) is 4.60. The molecule has 1 aromatic carbocycles. The van der Waals surface area contributed by atoms with Gasteiger partial charge in [0.1, 0.15) is 0 Å². The molecule has 1 N–H and O–H groups in total. The van der Waals surface area contributed by atoms with Gasteiger partial charge in [-0.25, -0.2) is 4.99 Å². The van der Waals surface area contributed by atoms with Gasteiger partial charge in [-0.2, -0.15) is 0 Å². The van der Waals surface area contributed by atoms with E-state index in [1.54, 1.807) is 12.1 Å².